The molecule has 0 N–H and O–H groups in total. The first-order chi connectivity index (χ1) is 18.9. The number of aromatic nitrogens is 4. The molecule has 0 aliphatic heterocycles. The van der Waals surface area contributed by atoms with Gasteiger partial charge >= 0.3 is 34.1 Å². The van der Waals surface area contributed by atoms with Crippen molar-refractivity contribution in [3.63, 3.8) is 0 Å². The Morgan fingerprint density at radius 2 is 1.09 bits per heavy atom. The second kappa shape index (κ2) is 19.1. The van der Waals surface area contributed by atoms with Gasteiger partial charge in [-0.05, 0) is 29.6 Å². The number of halogens is 2. The molecule has 2 aromatic carbocycles. The Balaban J connectivity index is 0.000000598. The predicted molar refractivity (Wildman–Crippen MR) is 121 cm³/mol. The molecular weight excluding hydrogens is 750 g/mol. The van der Waals surface area contributed by atoms with Crippen LogP contribution in [0, 0.1) is 20.5 Å². The average molecular weight is 768 g/mol. The summed E-state index contributed by atoms with van der Waals surface area (Å²) in [7, 11) is -9.89. The molecule has 6 rings (SSSR count). The topological polar surface area (TPSA) is 236 Å². The van der Waals surface area contributed by atoms with E-state index in [4.69, 9.17) is 37.3 Å². The molecule has 0 fully saturated rings. The Labute approximate surface area is 281 Å². The van der Waals surface area contributed by atoms with Crippen molar-refractivity contribution >= 4 is 22.1 Å². The van der Waals surface area contributed by atoms with Crippen molar-refractivity contribution in [3.05, 3.63) is 109 Å². The molecule has 0 saturated heterocycles. The molecule has 1 radical (unpaired) electrons. The Morgan fingerprint density at radius 3 is 1.58 bits per heavy atom. The van der Waals surface area contributed by atoms with E-state index in [0.29, 0.717) is 0 Å². The van der Waals surface area contributed by atoms with Crippen molar-refractivity contribution in [1.82, 2.24) is 19.9 Å². The fourth-order valence-electron chi connectivity index (χ4n) is 3.32. The van der Waals surface area contributed by atoms with Crippen LogP contribution < -0.4 is 37.3 Å². The van der Waals surface area contributed by atoms with Crippen molar-refractivity contribution in [2.24, 2.45) is 0 Å². The average Bonchev–Trinajstić information content (AvgIpc) is 3.62. The molecule has 0 unspecified atom stereocenters. The van der Waals surface area contributed by atoms with E-state index >= 15 is 0 Å². The predicted octanol–water partition coefficient (Wildman–Crippen LogP) is -3.49. The fraction of sp³-hybridized carbons (Fsp3) is 0. The molecule has 235 valence electrons. The first kappa shape index (κ1) is 40.6. The molecule has 0 aliphatic carbocycles. The maximum absolute atomic E-state index is 8.49. The Hall–Kier alpha value is -2.36. The van der Waals surface area contributed by atoms with Crippen molar-refractivity contribution in [2.45, 2.75) is 0 Å². The van der Waals surface area contributed by atoms with E-state index < -0.39 is 20.5 Å². The summed E-state index contributed by atoms with van der Waals surface area (Å²) in [5.74, 6) is 0. The zero-order valence-electron chi connectivity index (χ0n) is 21.2. The van der Waals surface area contributed by atoms with Gasteiger partial charge in [0.05, 0.1) is 0 Å². The van der Waals surface area contributed by atoms with E-state index in [0.717, 1.165) is 44.6 Å². The molecule has 0 saturated carbocycles. The summed E-state index contributed by atoms with van der Waals surface area (Å²) < 4.78 is 67.9. The number of fused-ring (bicyclic) bond motifs is 2. The molecule has 17 heteroatoms. The quantitative estimate of drug-likeness (QED) is 0.123. The summed E-state index contributed by atoms with van der Waals surface area (Å²) in [5.41, 5.74) is 5.84. The minimum Gasteiger partial charge on any atom is -0.279 e. The summed E-state index contributed by atoms with van der Waals surface area (Å²) in [5, 5.41) is 2.15. The monoisotopic (exact) mass is 766 g/mol. The second-order valence-corrected chi connectivity index (χ2v) is 9.11. The van der Waals surface area contributed by atoms with Gasteiger partial charge < -0.3 is 0 Å². The summed E-state index contributed by atoms with van der Waals surface area (Å²) in [4.78, 5) is 17.5. The molecule has 43 heavy (non-hydrogen) atoms. The third-order valence-electron chi connectivity index (χ3n) is 4.84. The van der Waals surface area contributed by atoms with Crippen LogP contribution >= 0.6 is 0 Å². The maximum atomic E-state index is 8.49. The van der Waals surface area contributed by atoms with Crippen LogP contribution in [0.2, 0.25) is 0 Å². The Morgan fingerprint density at radius 1 is 0.605 bits per heavy atom. The Kier molecular flexibility index (Phi) is 18.1. The van der Waals surface area contributed by atoms with E-state index in [1.165, 1.54) is 0 Å². The number of rotatable bonds is 2. The van der Waals surface area contributed by atoms with E-state index in [1.807, 2.05) is 60.7 Å². The van der Waals surface area contributed by atoms with E-state index in [-0.39, 0.29) is 51.2 Å². The fourth-order valence-corrected chi connectivity index (χ4v) is 3.32. The summed E-state index contributed by atoms with van der Waals surface area (Å²) in [6, 6.07) is 32.3. The van der Waals surface area contributed by atoms with Crippen LogP contribution in [0.1, 0.15) is 0 Å². The van der Waals surface area contributed by atoms with E-state index in [2.05, 4.69) is 56.3 Å². The van der Waals surface area contributed by atoms with E-state index in [9.17, 15) is 0 Å². The van der Waals surface area contributed by atoms with Crippen LogP contribution in [-0.2, 0) is 51.2 Å². The van der Waals surface area contributed by atoms with Gasteiger partial charge in [0.25, 0.3) is 0 Å². The zero-order chi connectivity index (χ0) is 29.2. The molecule has 0 atom stereocenters. The van der Waals surface area contributed by atoms with Gasteiger partial charge in [-0.2, -0.15) is 30.3 Å². The van der Waals surface area contributed by atoms with Gasteiger partial charge in [-0.15, -0.1) is 50.3 Å². The van der Waals surface area contributed by atoms with Crippen molar-refractivity contribution in [3.8, 4) is 22.5 Å². The van der Waals surface area contributed by atoms with E-state index in [1.54, 1.807) is 12.4 Å². The zero-order valence-corrected chi connectivity index (χ0v) is 25.7. The van der Waals surface area contributed by atoms with Crippen molar-refractivity contribution < 1.29 is 109 Å². The van der Waals surface area contributed by atoms with Crippen LogP contribution in [-0.4, -0.2) is 19.9 Å². The normalized spacial score (nSPS) is 10.2. The molecule has 0 aliphatic rings. The van der Waals surface area contributed by atoms with Crippen LogP contribution in [0.3, 0.4) is 0 Å². The van der Waals surface area contributed by atoms with Gasteiger partial charge in [-0.25, -0.2) is 52.2 Å². The molecule has 4 heterocycles. The molecule has 0 amide bonds. The SMILES string of the molecule is [Cu+2].[Cu+].[Fe].[O-][Cl+3]([O-])([O-])[O-].[O-][Cl+3]([O-])([O-])[O-].c1c[cH-]c(-c2ccc3cccnc3n2)c1.c1cnc2nc(-[c-]3cccc3)ccc2c1. The summed E-state index contributed by atoms with van der Waals surface area (Å²) in [6.07, 6.45) is 3.54. The standard InChI is InChI=1S/2C13H9N2.2ClHO4.2Cu.Fe/c2*1-2-5-10(4-1)12-8-7-11-6-3-9-14-13(11)15-12;2*2-1(3,4)5;;;/h2*1-9H;2*(H,2,3,4,5);;;/q2*-1;;;+1;+2;/p-2. The second-order valence-electron chi connectivity index (χ2n) is 7.60. The third-order valence-corrected chi connectivity index (χ3v) is 4.84. The van der Waals surface area contributed by atoms with Gasteiger partial charge in [-0.3, -0.25) is 4.98 Å². The van der Waals surface area contributed by atoms with Gasteiger partial charge in [0.1, 0.15) is 5.65 Å². The maximum Gasteiger partial charge on any atom is 2.00 e. The smallest absolute Gasteiger partial charge is 0.279 e. The van der Waals surface area contributed by atoms with Crippen LogP contribution in [0.4, 0.5) is 0 Å². The number of hydrogen-bond acceptors (Lipinski definition) is 12. The van der Waals surface area contributed by atoms with Gasteiger partial charge in [0, 0.05) is 40.2 Å². The minimum absolute atomic E-state index is 0. The molecule has 6 aromatic rings. The number of hydrogen-bond donors (Lipinski definition) is 0. The Bertz CT molecular complexity index is 1490. The van der Waals surface area contributed by atoms with Crippen molar-refractivity contribution in [1.29, 1.82) is 0 Å². The van der Waals surface area contributed by atoms with Crippen LogP contribution in [0.25, 0.3) is 44.6 Å². The molecule has 12 nitrogen and oxygen atoms in total. The summed E-state index contributed by atoms with van der Waals surface area (Å²) >= 11 is 0. The van der Waals surface area contributed by atoms with Gasteiger partial charge in [0.15, 0.2) is 5.65 Å². The van der Waals surface area contributed by atoms with Crippen molar-refractivity contribution in [2.75, 3.05) is 0 Å². The van der Waals surface area contributed by atoms with Crippen LogP contribution in [0.5, 0.6) is 0 Å². The van der Waals surface area contributed by atoms with Gasteiger partial charge in [-0.1, -0.05) is 29.8 Å². The molecular formula is C26H18Cl2Cu2FeN4O8-. The third kappa shape index (κ3) is 15.8. The van der Waals surface area contributed by atoms with Crippen LogP contribution in [0.15, 0.2) is 109 Å². The molecule has 4 aromatic heterocycles. The van der Waals surface area contributed by atoms with Gasteiger partial charge in [0.2, 0.25) is 0 Å². The number of pyridine rings is 4. The minimum atomic E-state index is -4.94. The largest absolute Gasteiger partial charge is 2.00 e. The first-order valence-corrected chi connectivity index (χ1v) is 13.4. The molecule has 0 bridgehead atoms. The first-order valence-electron chi connectivity index (χ1n) is 11.0. The number of nitrogens with zero attached hydrogens (tertiary/aromatic N) is 4. The summed E-state index contributed by atoms with van der Waals surface area (Å²) in [6.45, 7) is 0. The molecule has 0 spiro atoms.